The molecule has 3 N–H and O–H groups in total. The minimum Gasteiger partial charge on any atom is -0.494 e. The van der Waals surface area contributed by atoms with Crippen LogP contribution in [0.1, 0.15) is 36.9 Å². The van der Waals surface area contributed by atoms with Gasteiger partial charge in [-0.25, -0.2) is 9.18 Å². The van der Waals surface area contributed by atoms with Gasteiger partial charge in [0.25, 0.3) is 5.91 Å². The summed E-state index contributed by atoms with van der Waals surface area (Å²) in [5, 5.41) is 22.0. The number of anilines is 1. The summed E-state index contributed by atoms with van der Waals surface area (Å²) in [7, 11) is 0. The maximum absolute atomic E-state index is 14.4. The lowest BCUT2D eigenvalue weighted by Crippen LogP contribution is -2.36. The van der Waals surface area contributed by atoms with E-state index in [0.29, 0.717) is 12.4 Å². The second-order valence-corrected chi connectivity index (χ2v) is 6.67. The number of hydrogen-bond donors (Lipinski definition) is 3. The van der Waals surface area contributed by atoms with Crippen molar-refractivity contribution in [3.05, 3.63) is 52.3 Å². The highest BCUT2D eigenvalue weighted by molar-refractivity contribution is 6.03. The predicted octanol–water partition coefficient (Wildman–Crippen LogP) is 1.06. The Morgan fingerprint density at radius 2 is 2.00 bits per heavy atom. The lowest BCUT2D eigenvalue weighted by atomic mass is 10.1. The van der Waals surface area contributed by atoms with E-state index < -0.39 is 47.8 Å². The van der Waals surface area contributed by atoms with E-state index in [-0.39, 0.29) is 5.56 Å². The molecule has 1 aromatic heterocycles. The lowest BCUT2D eigenvalue weighted by Gasteiger charge is -2.17. The van der Waals surface area contributed by atoms with Gasteiger partial charge >= 0.3 is 5.69 Å². The molecule has 1 aliphatic heterocycles. The molecular weight excluding hydrogens is 385 g/mol. The number of aromatic nitrogens is 2. The van der Waals surface area contributed by atoms with Crippen LogP contribution in [0.15, 0.2) is 35.3 Å². The number of hydrogen-bond acceptors (Lipinski definition) is 7. The fourth-order valence-electron chi connectivity index (χ4n) is 2.87. The second-order valence-electron chi connectivity index (χ2n) is 6.67. The third kappa shape index (κ3) is 4.44. The van der Waals surface area contributed by atoms with Crippen molar-refractivity contribution in [1.82, 2.24) is 9.55 Å². The number of benzene rings is 1. The van der Waals surface area contributed by atoms with Crippen LogP contribution in [0.4, 0.5) is 10.2 Å². The molecule has 0 spiro atoms. The molecule has 0 unspecified atom stereocenters. The van der Waals surface area contributed by atoms with Crippen molar-refractivity contribution in [3.8, 4) is 5.75 Å². The molecule has 10 heteroatoms. The minimum absolute atomic E-state index is 0.228. The highest BCUT2D eigenvalue weighted by Gasteiger charge is 2.42. The number of ether oxygens (including phenoxy) is 2. The molecule has 2 heterocycles. The quantitative estimate of drug-likeness (QED) is 0.654. The Morgan fingerprint density at radius 1 is 1.31 bits per heavy atom. The van der Waals surface area contributed by atoms with Crippen molar-refractivity contribution < 1.29 is 28.9 Å². The molecule has 1 amide bonds. The third-order valence-corrected chi connectivity index (χ3v) is 4.48. The molecule has 1 fully saturated rings. The van der Waals surface area contributed by atoms with Crippen molar-refractivity contribution in [3.63, 3.8) is 0 Å². The summed E-state index contributed by atoms with van der Waals surface area (Å²) in [6.45, 7) is 4.03. The first-order valence-corrected chi connectivity index (χ1v) is 9.16. The van der Waals surface area contributed by atoms with Crippen LogP contribution in [0.5, 0.6) is 5.75 Å². The van der Waals surface area contributed by atoms with Crippen LogP contribution in [0.25, 0.3) is 0 Å². The first-order valence-electron chi connectivity index (χ1n) is 9.16. The average molecular weight is 407 g/mol. The van der Waals surface area contributed by atoms with Gasteiger partial charge in [-0.15, -0.1) is 0 Å². The molecule has 1 aliphatic rings. The number of carbonyl (C=O) groups is 1. The van der Waals surface area contributed by atoms with E-state index in [1.54, 1.807) is 12.1 Å². The number of rotatable bonds is 6. The van der Waals surface area contributed by atoms with Crippen LogP contribution in [0, 0.1) is 5.82 Å². The normalized spacial score (nSPS) is 23.8. The topological polar surface area (TPSA) is 123 Å². The van der Waals surface area contributed by atoms with E-state index in [2.05, 4.69) is 10.3 Å². The fraction of sp³-hybridized carbons (Fsp3) is 0.421. The molecule has 0 bridgehead atoms. The molecule has 156 valence electrons. The van der Waals surface area contributed by atoms with E-state index in [4.69, 9.17) is 9.47 Å². The molecule has 4 atom stereocenters. The maximum Gasteiger partial charge on any atom is 0.351 e. The molecule has 3 rings (SSSR count). The van der Waals surface area contributed by atoms with Gasteiger partial charge in [0.1, 0.15) is 18.0 Å². The van der Waals surface area contributed by atoms with Crippen LogP contribution in [-0.4, -0.2) is 50.6 Å². The Kier molecular flexibility index (Phi) is 6.26. The lowest BCUT2D eigenvalue weighted by molar-refractivity contribution is -0.0355. The molecule has 0 radical (unpaired) electrons. The molecule has 0 saturated carbocycles. The monoisotopic (exact) mass is 407 g/mol. The van der Waals surface area contributed by atoms with Gasteiger partial charge in [0.2, 0.25) is 0 Å². The average Bonchev–Trinajstić information content (AvgIpc) is 2.96. The van der Waals surface area contributed by atoms with Gasteiger partial charge in [-0.1, -0.05) is 6.92 Å². The second kappa shape index (κ2) is 8.68. The van der Waals surface area contributed by atoms with Crippen LogP contribution in [0.2, 0.25) is 0 Å². The number of halogens is 1. The van der Waals surface area contributed by atoms with Gasteiger partial charge in [0, 0.05) is 5.56 Å². The molecule has 1 aromatic carbocycles. The van der Waals surface area contributed by atoms with Crippen molar-refractivity contribution in [2.24, 2.45) is 0 Å². The van der Waals surface area contributed by atoms with Gasteiger partial charge < -0.3 is 25.0 Å². The number of nitrogens with one attached hydrogen (secondary N) is 1. The third-order valence-electron chi connectivity index (χ3n) is 4.48. The predicted molar refractivity (Wildman–Crippen MR) is 100 cm³/mol. The summed E-state index contributed by atoms with van der Waals surface area (Å²) in [5.74, 6) is -1.60. The molecular formula is C19H22FN3O6. The summed E-state index contributed by atoms with van der Waals surface area (Å²) < 4.78 is 25.9. The number of carbonyl (C=O) groups excluding carboxylic acids is 1. The van der Waals surface area contributed by atoms with Gasteiger partial charge in [-0.3, -0.25) is 9.36 Å². The summed E-state index contributed by atoms with van der Waals surface area (Å²) >= 11 is 0. The Bertz CT molecular complexity index is 933. The van der Waals surface area contributed by atoms with Crippen molar-refractivity contribution in [2.45, 2.75) is 44.8 Å². The van der Waals surface area contributed by atoms with E-state index in [9.17, 15) is 24.2 Å². The van der Waals surface area contributed by atoms with E-state index >= 15 is 0 Å². The number of aliphatic hydroxyl groups is 2. The SMILES string of the molecule is CCCOc1ccc(C(=O)Nc2nc(=O)n([C@@H]3O[C@H](C)[C@@H](O)[C@H]3O)cc2F)cc1. The molecule has 29 heavy (non-hydrogen) atoms. The van der Waals surface area contributed by atoms with Crippen molar-refractivity contribution >= 4 is 11.7 Å². The van der Waals surface area contributed by atoms with Crippen LogP contribution >= 0.6 is 0 Å². The largest absolute Gasteiger partial charge is 0.494 e. The smallest absolute Gasteiger partial charge is 0.351 e. The van der Waals surface area contributed by atoms with Crippen molar-refractivity contribution in [1.29, 1.82) is 0 Å². The minimum atomic E-state index is -1.42. The summed E-state index contributed by atoms with van der Waals surface area (Å²) in [5.41, 5.74) is -0.721. The zero-order chi connectivity index (χ0) is 21.1. The highest BCUT2D eigenvalue weighted by atomic mass is 19.1. The molecule has 1 saturated heterocycles. The summed E-state index contributed by atoms with van der Waals surface area (Å²) in [4.78, 5) is 28.1. The van der Waals surface area contributed by atoms with Gasteiger partial charge in [-0.05, 0) is 37.6 Å². The Hall–Kier alpha value is -2.82. The first kappa shape index (κ1) is 20.9. The standard InChI is InChI=1S/C19H22FN3O6/c1-3-8-28-12-6-4-11(5-7-12)17(26)21-16-13(20)9-23(19(27)22-16)18-15(25)14(24)10(2)29-18/h4-7,9-10,14-15,18,24-25H,3,8H2,1-2H3,(H,21,22,26,27)/t10-,14-,15-,18-/m1/s1. The van der Waals surface area contributed by atoms with Crippen molar-refractivity contribution in [2.75, 3.05) is 11.9 Å². The molecule has 2 aromatic rings. The van der Waals surface area contributed by atoms with Crippen LogP contribution in [-0.2, 0) is 4.74 Å². The highest BCUT2D eigenvalue weighted by Crippen LogP contribution is 2.28. The van der Waals surface area contributed by atoms with Crippen LogP contribution in [0.3, 0.4) is 0 Å². The number of aliphatic hydroxyl groups excluding tert-OH is 2. The Labute approximate surface area is 165 Å². The van der Waals surface area contributed by atoms with Gasteiger partial charge in [0.15, 0.2) is 17.9 Å². The Morgan fingerprint density at radius 3 is 2.59 bits per heavy atom. The summed E-state index contributed by atoms with van der Waals surface area (Å²) in [6, 6.07) is 6.23. The van der Waals surface area contributed by atoms with E-state index in [1.807, 2.05) is 6.92 Å². The molecule has 9 nitrogen and oxygen atoms in total. The number of amides is 1. The summed E-state index contributed by atoms with van der Waals surface area (Å²) in [6.07, 6.45) is -3.05. The van der Waals surface area contributed by atoms with E-state index in [1.165, 1.54) is 19.1 Å². The van der Waals surface area contributed by atoms with E-state index in [0.717, 1.165) is 17.2 Å². The molecule has 0 aliphatic carbocycles. The zero-order valence-corrected chi connectivity index (χ0v) is 15.9. The fourth-order valence-corrected chi connectivity index (χ4v) is 2.87. The maximum atomic E-state index is 14.4. The Balaban J connectivity index is 1.76. The van der Waals surface area contributed by atoms with Gasteiger partial charge in [0.05, 0.1) is 18.9 Å². The van der Waals surface area contributed by atoms with Gasteiger partial charge in [-0.2, -0.15) is 4.98 Å². The number of nitrogens with zero attached hydrogens (tertiary/aromatic N) is 2. The van der Waals surface area contributed by atoms with Crippen LogP contribution < -0.4 is 15.7 Å². The zero-order valence-electron chi connectivity index (χ0n) is 15.9. The first-order chi connectivity index (χ1) is 13.8.